The second kappa shape index (κ2) is 7.55. The van der Waals surface area contributed by atoms with Gasteiger partial charge in [-0.05, 0) is 30.5 Å². The first-order chi connectivity index (χ1) is 11.7. The molecule has 0 bridgehead atoms. The summed E-state index contributed by atoms with van der Waals surface area (Å²) in [4.78, 5) is 20.6. The van der Waals surface area contributed by atoms with Crippen LogP contribution in [0.15, 0.2) is 65.7 Å². The minimum absolute atomic E-state index is 0.144. The monoisotopic (exact) mass is 321 g/mol. The lowest BCUT2D eigenvalue weighted by Crippen LogP contribution is -2.20. The summed E-state index contributed by atoms with van der Waals surface area (Å²) in [6, 6.07) is 15.7. The average molecular weight is 321 g/mol. The normalized spacial score (nSPS) is 10.5. The molecule has 0 aliphatic carbocycles. The fraction of sp³-hybridized carbons (Fsp3) is 0.211. The second-order valence-corrected chi connectivity index (χ2v) is 5.49. The number of nitrogens with zero attached hydrogens (tertiary/aromatic N) is 3. The fourth-order valence-electron chi connectivity index (χ4n) is 2.40. The van der Waals surface area contributed by atoms with Crippen molar-refractivity contribution in [2.75, 3.05) is 6.61 Å². The van der Waals surface area contributed by atoms with Crippen molar-refractivity contribution < 1.29 is 4.74 Å². The van der Waals surface area contributed by atoms with Crippen LogP contribution >= 0.6 is 0 Å². The molecule has 0 aliphatic heterocycles. The Kier molecular flexibility index (Phi) is 5.01. The number of benzene rings is 1. The van der Waals surface area contributed by atoms with Gasteiger partial charge in [0, 0.05) is 31.1 Å². The summed E-state index contributed by atoms with van der Waals surface area (Å²) in [5.74, 6) is 0. The van der Waals surface area contributed by atoms with E-state index in [0.717, 1.165) is 18.4 Å². The van der Waals surface area contributed by atoms with Gasteiger partial charge in [-0.2, -0.15) is 4.98 Å². The first-order valence-electron chi connectivity index (χ1n) is 7.89. The van der Waals surface area contributed by atoms with Crippen molar-refractivity contribution in [3.05, 3.63) is 76.8 Å². The molecule has 24 heavy (non-hydrogen) atoms. The van der Waals surface area contributed by atoms with Crippen molar-refractivity contribution >= 4 is 0 Å². The number of aryl methyl sites for hydroxylation is 1. The maximum absolute atomic E-state index is 12.1. The Bertz CT molecular complexity index is 845. The predicted molar refractivity (Wildman–Crippen MR) is 93.0 cm³/mol. The van der Waals surface area contributed by atoms with Gasteiger partial charge in [0.25, 0.3) is 11.6 Å². The van der Waals surface area contributed by atoms with Crippen LogP contribution in [0.2, 0.25) is 0 Å². The zero-order chi connectivity index (χ0) is 16.8. The molecule has 2 aromatic heterocycles. The molecule has 0 amide bonds. The van der Waals surface area contributed by atoms with E-state index in [-0.39, 0.29) is 5.56 Å². The van der Waals surface area contributed by atoms with Gasteiger partial charge < -0.3 is 4.74 Å². The van der Waals surface area contributed by atoms with Crippen LogP contribution in [-0.4, -0.2) is 21.1 Å². The molecule has 0 saturated heterocycles. The summed E-state index contributed by atoms with van der Waals surface area (Å²) >= 11 is 0. The zero-order valence-electron chi connectivity index (χ0n) is 13.6. The summed E-state index contributed by atoms with van der Waals surface area (Å²) < 4.78 is 7.16. The van der Waals surface area contributed by atoms with Gasteiger partial charge in [0.15, 0.2) is 0 Å². The van der Waals surface area contributed by atoms with Crippen LogP contribution < -0.4 is 10.3 Å². The number of hydrogen-bond donors (Lipinski definition) is 0. The number of ether oxygens (including phenoxy) is 1. The van der Waals surface area contributed by atoms with Gasteiger partial charge in [-0.15, -0.1) is 0 Å². The van der Waals surface area contributed by atoms with Crippen molar-refractivity contribution in [1.29, 1.82) is 0 Å². The van der Waals surface area contributed by atoms with Crippen molar-refractivity contribution in [2.24, 2.45) is 7.05 Å². The molecule has 0 unspecified atom stereocenters. The van der Waals surface area contributed by atoms with E-state index in [1.807, 2.05) is 30.3 Å². The van der Waals surface area contributed by atoms with Gasteiger partial charge in [0.2, 0.25) is 0 Å². The molecule has 0 aliphatic rings. The summed E-state index contributed by atoms with van der Waals surface area (Å²) in [6.45, 7) is 0.509. The molecule has 5 nitrogen and oxygen atoms in total. The molecule has 1 aromatic carbocycles. The molecule has 0 fully saturated rings. The van der Waals surface area contributed by atoms with E-state index in [4.69, 9.17) is 4.74 Å². The van der Waals surface area contributed by atoms with Crippen LogP contribution in [0.4, 0.5) is 0 Å². The van der Waals surface area contributed by atoms with E-state index in [0.29, 0.717) is 18.3 Å². The van der Waals surface area contributed by atoms with Crippen LogP contribution in [-0.2, 0) is 13.5 Å². The van der Waals surface area contributed by atoms with E-state index in [9.17, 15) is 4.79 Å². The highest BCUT2D eigenvalue weighted by Gasteiger charge is 2.08. The second-order valence-electron chi connectivity index (χ2n) is 5.49. The molecule has 0 N–H and O–H groups in total. The molecule has 5 heteroatoms. The first kappa shape index (κ1) is 15.9. The van der Waals surface area contributed by atoms with E-state index < -0.39 is 0 Å². The molecule has 2 heterocycles. The molecule has 3 aromatic rings. The molecular weight excluding hydrogens is 302 g/mol. The summed E-state index contributed by atoms with van der Waals surface area (Å²) in [5, 5.41) is 0. The zero-order valence-corrected chi connectivity index (χ0v) is 13.6. The summed E-state index contributed by atoms with van der Waals surface area (Å²) in [7, 11) is 1.66. The quantitative estimate of drug-likeness (QED) is 0.655. The maximum Gasteiger partial charge on any atom is 0.299 e. The first-order valence-corrected chi connectivity index (χ1v) is 7.89. The lowest BCUT2D eigenvalue weighted by atomic mass is 10.1. The van der Waals surface area contributed by atoms with Crippen LogP contribution in [0, 0.1) is 0 Å². The van der Waals surface area contributed by atoms with Gasteiger partial charge in [-0.25, -0.2) is 0 Å². The third kappa shape index (κ3) is 3.87. The third-order valence-electron chi connectivity index (χ3n) is 3.75. The minimum atomic E-state index is -0.144. The molecule has 0 spiro atoms. The average Bonchev–Trinajstić information content (AvgIpc) is 2.63. The maximum atomic E-state index is 12.1. The van der Waals surface area contributed by atoms with Crippen molar-refractivity contribution in [3.63, 3.8) is 0 Å². The van der Waals surface area contributed by atoms with Crippen LogP contribution in [0.1, 0.15) is 12.0 Å². The smallest absolute Gasteiger partial charge is 0.299 e. The van der Waals surface area contributed by atoms with Crippen molar-refractivity contribution in [3.8, 4) is 17.3 Å². The lowest BCUT2D eigenvalue weighted by molar-refractivity contribution is 0.272. The minimum Gasteiger partial charge on any atom is -0.465 e. The lowest BCUT2D eigenvalue weighted by Gasteiger charge is -2.11. The number of rotatable bonds is 6. The Labute approximate surface area is 140 Å². The highest BCUT2D eigenvalue weighted by Crippen LogP contribution is 2.16. The summed E-state index contributed by atoms with van der Waals surface area (Å²) in [5.41, 5.74) is 2.57. The van der Waals surface area contributed by atoms with E-state index in [2.05, 4.69) is 22.1 Å². The number of aromatic nitrogens is 3. The highest BCUT2D eigenvalue weighted by molar-refractivity contribution is 5.57. The molecular formula is C19H19N3O2. The Morgan fingerprint density at radius 3 is 2.58 bits per heavy atom. The SMILES string of the molecule is Cn1c(OCCCc2ccccc2)nc(-c2ccncc2)cc1=O. The van der Waals surface area contributed by atoms with Gasteiger partial charge in [-0.3, -0.25) is 14.3 Å². The van der Waals surface area contributed by atoms with Crippen molar-refractivity contribution in [2.45, 2.75) is 12.8 Å². The van der Waals surface area contributed by atoms with E-state index >= 15 is 0 Å². The Hall–Kier alpha value is -2.95. The number of pyridine rings is 1. The van der Waals surface area contributed by atoms with Crippen LogP contribution in [0.5, 0.6) is 6.01 Å². The molecule has 0 saturated carbocycles. The molecule has 0 atom stereocenters. The largest absolute Gasteiger partial charge is 0.465 e. The summed E-state index contributed by atoms with van der Waals surface area (Å²) in [6.07, 6.45) is 5.14. The van der Waals surface area contributed by atoms with Crippen LogP contribution in [0.3, 0.4) is 0 Å². The Morgan fingerprint density at radius 1 is 1.08 bits per heavy atom. The highest BCUT2D eigenvalue weighted by atomic mass is 16.5. The van der Waals surface area contributed by atoms with E-state index in [1.54, 1.807) is 19.4 Å². The standard InChI is InChI=1S/C19H19N3O2/c1-22-18(23)14-17(16-9-11-20-12-10-16)21-19(22)24-13-5-8-15-6-3-2-4-7-15/h2-4,6-7,9-12,14H,5,8,13H2,1H3. The van der Waals surface area contributed by atoms with Gasteiger partial charge in [0.1, 0.15) is 0 Å². The predicted octanol–water partition coefficient (Wildman–Crippen LogP) is 2.85. The Morgan fingerprint density at radius 2 is 1.83 bits per heavy atom. The van der Waals surface area contributed by atoms with Gasteiger partial charge in [-0.1, -0.05) is 30.3 Å². The van der Waals surface area contributed by atoms with Crippen molar-refractivity contribution in [1.82, 2.24) is 14.5 Å². The van der Waals surface area contributed by atoms with Gasteiger partial charge >= 0.3 is 0 Å². The third-order valence-corrected chi connectivity index (χ3v) is 3.75. The molecule has 3 rings (SSSR count). The topological polar surface area (TPSA) is 57.0 Å². The van der Waals surface area contributed by atoms with E-state index in [1.165, 1.54) is 16.2 Å². The fourth-order valence-corrected chi connectivity index (χ4v) is 2.40. The number of hydrogen-bond acceptors (Lipinski definition) is 4. The van der Waals surface area contributed by atoms with Crippen LogP contribution in [0.25, 0.3) is 11.3 Å². The van der Waals surface area contributed by atoms with Gasteiger partial charge in [0.05, 0.1) is 12.3 Å². The Balaban J connectivity index is 1.69. The molecule has 0 radical (unpaired) electrons. The molecule has 122 valence electrons.